The summed E-state index contributed by atoms with van der Waals surface area (Å²) in [5, 5.41) is 0. The van der Waals surface area contributed by atoms with Crippen LogP contribution in [0.15, 0.2) is 22.8 Å². The summed E-state index contributed by atoms with van der Waals surface area (Å²) in [6.07, 6.45) is 2.87. The molecule has 2 rings (SSSR count). The minimum atomic E-state index is 0.122. The van der Waals surface area contributed by atoms with Crippen LogP contribution in [-0.4, -0.2) is 6.54 Å². The molecule has 1 unspecified atom stereocenters. The van der Waals surface area contributed by atoms with Crippen molar-refractivity contribution in [3.05, 3.63) is 24.2 Å². The molecule has 1 aromatic heterocycles. The van der Waals surface area contributed by atoms with Crippen molar-refractivity contribution in [3.63, 3.8) is 0 Å². The number of hydrogen-bond acceptors (Lipinski definition) is 2. The first-order chi connectivity index (χ1) is 5.62. The van der Waals surface area contributed by atoms with Gasteiger partial charge in [0.15, 0.2) is 0 Å². The fraction of sp³-hybridized carbons (Fsp3) is 0.600. The lowest BCUT2D eigenvalue weighted by molar-refractivity contribution is 0.397. The molecule has 66 valence electrons. The minimum Gasteiger partial charge on any atom is -0.469 e. The molecule has 2 N–H and O–H groups in total. The predicted octanol–water partition coefficient (Wildman–Crippen LogP) is 1.91. The van der Waals surface area contributed by atoms with Crippen LogP contribution < -0.4 is 5.73 Å². The molecule has 0 radical (unpaired) electrons. The molecule has 2 heteroatoms. The van der Waals surface area contributed by atoms with Crippen LogP contribution in [-0.2, 0) is 5.41 Å². The Bertz CT molecular complexity index is 276. The van der Waals surface area contributed by atoms with E-state index in [2.05, 4.69) is 13.8 Å². The molecule has 1 fully saturated rings. The Morgan fingerprint density at radius 1 is 1.58 bits per heavy atom. The van der Waals surface area contributed by atoms with Crippen LogP contribution >= 0.6 is 0 Å². The van der Waals surface area contributed by atoms with E-state index in [1.807, 2.05) is 12.1 Å². The van der Waals surface area contributed by atoms with Gasteiger partial charge in [0.2, 0.25) is 0 Å². The van der Waals surface area contributed by atoms with Crippen molar-refractivity contribution in [1.82, 2.24) is 0 Å². The zero-order valence-corrected chi connectivity index (χ0v) is 7.63. The molecule has 0 bridgehead atoms. The van der Waals surface area contributed by atoms with Crippen LogP contribution in [0.2, 0.25) is 0 Å². The summed E-state index contributed by atoms with van der Waals surface area (Å²) in [6.45, 7) is 5.16. The summed E-state index contributed by atoms with van der Waals surface area (Å²) in [5.74, 6) is 1.05. The average Bonchev–Trinajstić information content (AvgIpc) is 2.52. The Labute approximate surface area is 72.7 Å². The number of nitrogens with two attached hydrogens (primary N) is 1. The lowest BCUT2D eigenvalue weighted by Gasteiger charge is -2.14. The summed E-state index contributed by atoms with van der Waals surface area (Å²) >= 11 is 0. The van der Waals surface area contributed by atoms with Gasteiger partial charge in [0.1, 0.15) is 5.76 Å². The smallest absolute Gasteiger partial charge is 0.111 e. The van der Waals surface area contributed by atoms with Gasteiger partial charge in [-0.2, -0.15) is 0 Å². The van der Waals surface area contributed by atoms with Gasteiger partial charge in [-0.05, 0) is 24.0 Å². The highest BCUT2D eigenvalue weighted by Gasteiger charge is 2.62. The third-order valence-electron chi connectivity index (χ3n) is 3.26. The lowest BCUT2D eigenvalue weighted by Crippen LogP contribution is -2.24. The third-order valence-corrected chi connectivity index (χ3v) is 3.26. The van der Waals surface area contributed by atoms with E-state index in [-0.39, 0.29) is 5.41 Å². The molecule has 12 heavy (non-hydrogen) atoms. The zero-order chi connectivity index (χ0) is 8.82. The van der Waals surface area contributed by atoms with Gasteiger partial charge in [0, 0.05) is 12.0 Å². The highest BCUT2D eigenvalue weighted by Crippen LogP contribution is 2.63. The van der Waals surface area contributed by atoms with E-state index in [9.17, 15) is 0 Å². The molecular weight excluding hydrogens is 150 g/mol. The standard InChI is InChI=1S/C10H15NO/c1-9(2)6-10(9,7-11)8-4-3-5-12-8/h3-5H,6-7,11H2,1-2H3. The van der Waals surface area contributed by atoms with Crippen LogP contribution in [0.3, 0.4) is 0 Å². The van der Waals surface area contributed by atoms with Crippen molar-refractivity contribution >= 4 is 0 Å². The van der Waals surface area contributed by atoms with Crippen molar-refractivity contribution in [3.8, 4) is 0 Å². The lowest BCUT2D eigenvalue weighted by atomic mass is 9.93. The van der Waals surface area contributed by atoms with Crippen LogP contribution in [0.5, 0.6) is 0 Å². The van der Waals surface area contributed by atoms with Gasteiger partial charge in [-0.25, -0.2) is 0 Å². The second-order valence-electron chi connectivity index (χ2n) is 4.32. The van der Waals surface area contributed by atoms with E-state index < -0.39 is 0 Å². The molecule has 0 amide bonds. The van der Waals surface area contributed by atoms with Gasteiger partial charge in [-0.3, -0.25) is 0 Å². The van der Waals surface area contributed by atoms with Gasteiger partial charge < -0.3 is 10.2 Å². The molecule has 1 aliphatic rings. The average molecular weight is 165 g/mol. The Morgan fingerprint density at radius 3 is 2.58 bits per heavy atom. The fourth-order valence-electron chi connectivity index (χ4n) is 2.13. The maximum absolute atomic E-state index is 5.78. The quantitative estimate of drug-likeness (QED) is 0.727. The molecule has 1 heterocycles. The molecule has 0 saturated heterocycles. The zero-order valence-electron chi connectivity index (χ0n) is 7.63. The molecule has 0 spiro atoms. The van der Waals surface area contributed by atoms with Crippen molar-refractivity contribution in [2.24, 2.45) is 11.1 Å². The highest BCUT2D eigenvalue weighted by atomic mass is 16.3. The third kappa shape index (κ3) is 0.787. The van der Waals surface area contributed by atoms with E-state index in [1.54, 1.807) is 6.26 Å². The van der Waals surface area contributed by atoms with Crippen LogP contribution in [0.4, 0.5) is 0 Å². The SMILES string of the molecule is CC1(C)CC1(CN)c1ccco1. The monoisotopic (exact) mass is 165 g/mol. The number of furan rings is 1. The Hall–Kier alpha value is -0.760. The summed E-state index contributed by atoms with van der Waals surface area (Å²) in [6, 6.07) is 3.96. The van der Waals surface area contributed by atoms with Crippen molar-refractivity contribution in [2.45, 2.75) is 25.7 Å². The van der Waals surface area contributed by atoms with Crippen LogP contribution in [0.25, 0.3) is 0 Å². The number of hydrogen-bond donors (Lipinski definition) is 1. The maximum Gasteiger partial charge on any atom is 0.111 e. The van der Waals surface area contributed by atoms with Crippen molar-refractivity contribution in [2.75, 3.05) is 6.54 Å². The molecule has 1 saturated carbocycles. The van der Waals surface area contributed by atoms with Crippen molar-refractivity contribution < 1.29 is 4.42 Å². The first kappa shape index (κ1) is 7.87. The summed E-state index contributed by atoms with van der Waals surface area (Å²) in [4.78, 5) is 0. The van der Waals surface area contributed by atoms with Gasteiger partial charge >= 0.3 is 0 Å². The van der Waals surface area contributed by atoms with Crippen LogP contribution in [0.1, 0.15) is 26.0 Å². The van der Waals surface area contributed by atoms with E-state index in [1.165, 1.54) is 0 Å². The van der Waals surface area contributed by atoms with Gasteiger partial charge in [0.25, 0.3) is 0 Å². The first-order valence-corrected chi connectivity index (χ1v) is 4.36. The van der Waals surface area contributed by atoms with E-state index in [0.29, 0.717) is 12.0 Å². The molecule has 1 aromatic rings. The van der Waals surface area contributed by atoms with Crippen LogP contribution in [0, 0.1) is 5.41 Å². The van der Waals surface area contributed by atoms with E-state index in [0.717, 1.165) is 12.2 Å². The predicted molar refractivity (Wildman–Crippen MR) is 47.8 cm³/mol. The molecule has 2 nitrogen and oxygen atoms in total. The Kier molecular flexibility index (Phi) is 1.40. The second kappa shape index (κ2) is 2.13. The summed E-state index contributed by atoms with van der Waals surface area (Å²) in [7, 11) is 0. The van der Waals surface area contributed by atoms with E-state index in [4.69, 9.17) is 10.2 Å². The Morgan fingerprint density at radius 2 is 2.25 bits per heavy atom. The van der Waals surface area contributed by atoms with E-state index >= 15 is 0 Å². The van der Waals surface area contributed by atoms with Gasteiger partial charge in [0.05, 0.1) is 6.26 Å². The first-order valence-electron chi connectivity index (χ1n) is 4.36. The van der Waals surface area contributed by atoms with Gasteiger partial charge in [-0.15, -0.1) is 0 Å². The normalized spacial score (nSPS) is 31.9. The fourth-order valence-corrected chi connectivity index (χ4v) is 2.13. The molecule has 0 aliphatic heterocycles. The largest absolute Gasteiger partial charge is 0.469 e. The highest BCUT2D eigenvalue weighted by molar-refractivity contribution is 5.30. The summed E-state index contributed by atoms with van der Waals surface area (Å²) < 4.78 is 5.41. The maximum atomic E-state index is 5.78. The van der Waals surface area contributed by atoms with Crippen molar-refractivity contribution in [1.29, 1.82) is 0 Å². The molecular formula is C10H15NO. The minimum absolute atomic E-state index is 0.122. The summed E-state index contributed by atoms with van der Waals surface area (Å²) in [5.41, 5.74) is 6.22. The molecule has 1 atom stereocenters. The number of rotatable bonds is 2. The Balaban J connectivity index is 2.34. The van der Waals surface area contributed by atoms with Gasteiger partial charge in [-0.1, -0.05) is 13.8 Å². The molecule has 1 aliphatic carbocycles. The topological polar surface area (TPSA) is 39.2 Å². The second-order valence-corrected chi connectivity index (χ2v) is 4.32. The molecule has 0 aromatic carbocycles.